The predicted octanol–water partition coefficient (Wildman–Crippen LogP) is 3.59. The summed E-state index contributed by atoms with van der Waals surface area (Å²) in [7, 11) is 4.48. The molecule has 1 unspecified atom stereocenters. The monoisotopic (exact) mass is 425 g/mol. The van der Waals surface area contributed by atoms with E-state index in [0.29, 0.717) is 28.4 Å². The molecule has 164 valence electrons. The van der Waals surface area contributed by atoms with Crippen LogP contribution in [0.15, 0.2) is 48.2 Å². The zero-order valence-electron chi connectivity index (χ0n) is 17.8. The minimum atomic E-state index is -0.904. The normalized spacial score (nSPS) is 12.6. The van der Waals surface area contributed by atoms with Crippen LogP contribution < -0.4 is 14.2 Å². The van der Waals surface area contributed by atoms with Crippen molar-refractivity contribution in [2.24, 2.45) is 0 Å². The van der Waals surface area contributed by atoms with Crippen LogP contribution >= 0.6 is 0 Å². The minimum Gasteiger partial charge on any atom is -0.493 e. The number of Topliss-reactive ketones (excluding diaryl/α,β-unsaturated/α-hetero) is 1. The van der Waals surface area contributed by atoms with E-state index >= 15 is 0 Å². The summed E-state index contributed by atoms with van der Waals surface area (Å²) in [6.07, 6.45) is 3.29. The molecule has 7 heteroatoms. The number of ether oxygens (including phenoxy) is 3. The lowest BCUT2D eigenvalue weighted by Gasteiger charge is -2.15. The molecule has 3 rings (SSSR count). The number of rotatable bonds is 10. The van der Waals surface area contributed by atoms with E-state index in [1.807, 2.05) is 36.5 Å². The van der Waals surface area contributed by atoms with Crippen LogP contribution in [0.1, 0.15) is 28.8 Å². The number of fused-ring (bicyclic) bond motifs is 1. The summed E-state index contributed by atoms with van der Waals surface area (Å²) in [5.41, 5.74) is 2.69. The minimum absolute atomic E-state index is 0.227. The Morgan fingerprint density at radius 2 is 1.77 bits per heavy atom. The summed E-state index contributed by atoms with van der Waals surface area (Å²) in [6, 6.07) is 11.0. The van der Waals surface area contributed by atoms with Crippen LogP contribution in [-0.4, -0.2) is 55.0 Å². The molecule has 0 amide bonds. The molecule has 0 aliphatic heterocycles. The molecule has 0 aliphatic carbocycles. The van der Waals surface area contributed by atoms with Gasteiger partial charge in [0.15, 0.2) is 17.3 Å². The number of hydrogen-bond acceptors (Lipinski definition) is 6. The molecule has 31 heavy (non-hydrogen) atoms. The number of nitrogens with one attached hydrogen (secondary N) is 1. The van der Waals surface area contributed by atoms with Gasteiger partial charge in [-0.3, -0.25) is 4.79 Å². The van der Waals surface area contributed by atoms with E-state index in [1.54, 1.807) is 12.1 Å². The maximum Gasteiger partial charge on any atom is 0.203 e. The Kier molecular flexibility index (Phi) is 7.33. The number of H-pyrrole nitrogens is 1. The van der Waals surface area contributed by atoms with Crippen molar-refractivity contribution in [3.63, 3.8) is 0 Å². The topological polar surface area (TPSA) is 101 Å². The molecule has 1 atom stereocenters. The van der Waals surface area contributed by atoms with E-state index in [0.717, 1.165) is 16.5 Å². The number of aliphatic hydroxyl groups excluding tert-OH is 2. The smallest absolute Gasteiger partial charge is 0.203 e. The molecule has 1 heterocycles. The van der Waals surface area contributed by atoms with Gasteiger partial charge in [-0.1, -0.05) is 18.2 Å². The number of carbonyl (C=O) groups is 1. The lowest BCUT2D eigenvalue weighted by Crippen LogP contribution is -2.14. The zero-order valence-corrected chi connectivity index (χ0v) is 17.8. The van der Waals surface area contributed by atoms with Gasteiger partial charge in [-0.2, -0.15) is 0 Å². The van der Waals surface area contributed by atoms with Crippen molar-refractivity contribution in [1.29, 1.82) is 0 Å². The standard InChI is InChI=1S/C24H27NO6/c1-29-21-11-16(12-22(30-2)24(21)31-3)23(28)15(8-9-18(27)14-26)10-17-13-25-20-7-5-4-6-19(17)20/h4-7,10-13,18,25-27H,8-9,14H2,1-3H3. The lowest BCUT2D eigenvalue weighted by molar-refractivity contribution is 0.0871. The van der Waals surface area contributed by atoms with Crippen molar-refractivity contribution in [2.45, 2.75) is 18.9 Å². The summed E-state index contributed by atoms with van der Waals surface area (Å²) in [4.78, 5) is 16.7. The summed E-state index contributed by atoms with van der Waals surface area (Å²) < 4.78 is 16.1. The van der Waals surface area contributed by atoms with Crippen molar-refractivity contribution in [1.82, 2.24) is 4.98 Å². The number of allylic oxidation sites excluding steroid dienone is 1. The van der Waals surface area contributed by atoms with Gasteiger partial charge in [-0.25, -0.2) is 0 Å². The van der Waals surface area contributed by atoms with Crippen LogP contribution in [0.3, 0.4) is 0 Å². The molecule has 1 aromatic heterocycles. The van der Waals surface area contributed by atoms with Crippen molar-refractivity contribution in [3.8, 4) is 17.2 Å². The van der Waals surface area contributed by atoms with Crippen LogP contribution in [0.25, 0.3) is 17.0 Å². The molecular weight excluding hydrogens is 398 g/mol. The third kappa shape index (κ3) is 4.90. The first-order valence-electron chi connectivity index (χ1n) is 9.92. The van der Waals surface area contributed by atoms with E-state index in [2.05, 4.69) is 4.98 Å². The molecule has 0 aliphatic rings. The fraction of sp³-hybridized carbons (Fsp3) is 0.292. The highest BCUT2D eigenvalue weighted by molar-refractivity contribution is 6.12. The van der Waals surface area contributed by atoms with Crippen LogP contribution in [0, 0.1) is 0 Å². The fourth-order valence-electron chi connectivity index (χ4n) is 3.46. The van der Waals surface area contributed by atoms with Crippen LogP contribution in [0.5, 0.6) is 17.2 Å². The number of benzene rings is 2. The quantitative estimate of drug-likeness (QED) is 0.339. The van der Waals surface area contributed by atoms with Gasteiger partial charge in [0.2, 0.25) is 5.75 Å². The average molecular weight is 425 g/mol. The second-order valence-corrected chi connectivity index (χ2v) is 7.08. The van der Waals surface area contributed by atoms with Gasteiger partial charge in [0, 0.05) is 33.8 Å². The van der Waals surface area contributed by atoms with Crippen molar-refractivity contribution in [3.05, 3.63) is 59.3 Å². The number of carbonyl (C=O) groups excluding carboxylic acids is 1. The molecule has 3 aromatic rings. The molecule has 0 bridgehead atoms. The fourth-order valence-corrected chi connectivity index (χ4v) is 3.46. The number of para-hydroxylation sites is 1. The Morgan fingerprint density at radius 3 is 2.39 bits per heavy atom. The molecular formula is C24H27NO6. The summed E-state index contributed by atoms with van der Waals surface area (Å²) in [5, 5.41) is 20.0. The van der Waals surface area contributed by atoms with Gasteiger partial charge in [0.1, 0.15) is 0 Å². The van der Waals surface area contributed by atoms with E-state index in [4.69, 9.17) is 14.2 Å². The second kappa shape index (κ2) is 10.1. The van der Waals surface area contributed by atoms with Gasteiger partial charge < -0.3 is 29.4 Å². The highest BCUT2D eigenvalue weighted by Gasteiger charge is 2.20. The van der Waals surface area contributed by atoms with Gasteiger partial charge in [0.25, 0.3) is 0 Å². The van der Waals surface area contributed by atoms with Crippen LogP contribution in [0.4, 0.5) is 0 Å². The lowest BCUT2D eigenvalue weighted by atomic mass is 9.95. The molecule has 0 radical (unpaired) electrons. The van der Waals surface area contributed by atoms with Gasteiger partial charge >= 0.3 is 0 Å². The van der Waals surface area contributed by atoms with Crippen molar-refractivity contribution < 1.29 is 29.2 Å². The van der Waals surface area contributed by atoms with E-state index in [9.17, 15) is 15.0 Å². The summed E-state index contributed by atoms with van der Waals surface area (Å²) in [6.45, 7) is -0.362. The highest BCUT2D eigenvalue weighted by Crippen LogP contribution is 2.39. The predicted molar refractivity (Wildman–Crippen MR) is 119 cm³/mol. The number of aliphatic hydroxyl groups is 2. The number of hydrogen-bond donors (Lipinski definition) is 3. The Hall–Kier alpha value is -3.29. The molecule has 7 nitrogen and oxygen atoms in total. The van der Waals surface area contributed by atoms with Crippen molar-refractivity contribution in [2.75, 3.05) is 27.9 Å². The third-order valence-electron chi connectivity index (χ3n) is 5.13. The Morgan fingerprint density at radius 1 is 1.10 bits per heavy atom. The maximum atomic E-state index is 13.5. The number of methoxy groups -OCH3 is 3. The molecule has 0 fully saturated rings. The summed E-state index contributed by atoms with van der Waals surface area (Å²) >= 11 is 0. The SMILES string of the molecule is COc1cc(C(=O)C(=Cc2c[nH]c3ccccc23)CCC(O)CO)cc(OC)c1OC. The Bertz CT molecular complexity index is 1060. The van der Waals surface area contributed by atoms with Gasteiger partial charge in [0.05, 0.1) is 34.0 Å². The Labute approximate surface area is 180 Å². The first-order chi connectivity index (χ1) is 15.0. The number of aromatic amines is 1. The first kappa shape index (κ1) is 22.4. The maximum absolute atomic E-state index is 13.5. The van der Waals surface area contributed by atoms with E-state index < -0.39 is 6.10 Å². The Balaban J connectivity index is 2.06. The molecule has 2 aromatic carbocycles. The highest BCUT2D eigenvalue weighted by atomic mass is 16.5. The third-order valence-corrected chi connectivity index (χ3v) is 5.13. The number of ketones is 1. The largest absolute Gasteiger partial charge is 0.493 e. The molecule has 3 N–H and O–H groups in total. The van der Waals surface area contributed by atoms with E-state index in [1.165, 1.54) is 21.3 Å². The van der Waals surface area contributed by atoms with Crippen LogP contribution in [0.2, 0.25) is 0 Å². The average Bonchev–Trinajstić information content (AvgIpc) is 3.22. The molecule has 0 saturated carbocycles. The van der Waals surface area contributed by atoms with Gasteiger partial charge in [-0.05, 0) is 37.1 Å². The zero-order chi connectivity index (χ0) is 22.4. The first-order valence-corrected chi connectivity index (χ1v) is 9.92. The second-order valence-electron chi connectivity index (χ2n) is 7.08. The molecule has 0 saturated heterocycles. The van der Waals surface area contributed by atoms with Gasteiger partial charge in [-0.15, -0.1) is 0 Å². The van der Waals surface area contributed by atoms with Crippen LogP contribution in [-0.2, 0) is 0 Å². The number of aromatic nitrogens is 1. The summed E-state index contributed by atoms with van der Waals surface area (Å²) in [5.74, 6) is 0.938. The van der Waals surface area contributed by atoms with E-state index in [-0.39, 0.29) is 25.2 Å². The molecule has 0 spiro atoms. The van der Waals surface area contributed by atoms with Crippen molar-refractivity contribution >= 4 is 22.8 Å².